The minimum Gasteiger partial charge on any atom is -0.496 e. The normalized spacial score (nSPS) is 17.5. The third-order valence-electron chi connectivity index (χ3n) is 6.86. The van der Waals surface area contributed by atoms with Gasteiger partial charge >= 0.3 is 6.09 Å². The highest BCUT2D eigenvalue weighted by atomic mass is 32.2. The molecular weight excluding hydrogens is 496 g/mol. The van der Waals surface area contributed by atoms with Gasteiger partial charge in [-0.2, -0.15) is 17.4 Å². The first-order chi connectivity index (χ1) is 17.8. The van der Waals surface area contributed by atoms with Crippen LogP contribution in [0, 0.1) is 0 Å². The van der Waals surface area contributed by atoms with E-state index < -0.39 is 21.7 Å². The van der Waals surface area contributed by atoms with Gasteiger partial charge in [-0.3, -0.25) is 4.79 Å². The fourth-order valence-electron chi connectivity index (χ4n) is 4.53. The first-order valence-electron chi connectivity index (χ1n) is 12.5. The van der Waals surface area contributed by atoms with Crippen molar-refractivity contribution in [3.8, 4) is 5.75 Å². The van der Waals surface area contributed by atoms with Crippen LogP contribution in [0.15, 0.2) is 54.6 Å². The number of benzene rings is 2. The van der Waals surface area contributed by atoms with Crippen LogP contribution in [0.3, 0.4) is 0 Å². The topological polar surface area (TPSA) is 126 Å². The molecule has 200 valence electrons. The molecule has 2 aromatic rings. The van der Waals surface area contributed by atoms with Crippen molar-refractivity contribution >= 4 is 22.2 Å². The van der Waals surface area contributed by atoms with Gasteiger partial charge in [0.1, 0.15) is 12.4 Å². The lowest BCUT2D eigenvalue weighted by Crippen LogP contribution is -2.52. The number of rotatable bonds is 11. The SMILES string of the molecule is COc1ccccc1C(=O)NCC1(c2ccccc2)CCN(S(=O)(=O)NCCOC(=O)NC2CC2)CC1. The molecule has 11 heteroatoms. The van der Waals surface area contributed by atoms with Crippen LogP contribution in [0.4, 0.5) is 4.79 Å². The minimum absolute atomic E-state index is 0.00425. The van der Waals surface area contributed by atoms with Gasteiger partial charge in [0, 0.05) is 37.6 Å². The number of hydrogen-bond donors (Lipinski definition) is 3. The van der Waals surface area contributed by atoms with Gasteiger partial charge in [0.25, 0.3) is 16.1 Å². The molecule has 0 unspecified atom stereocenters. The predicted octanol–water partition coefficient (Wildman–Crippen LogP) is 2.18. The number of methoxy groups -OCH3 is 1. The molecule has 0 radical (unpaired) electrons. The van der Waals surface area contributed by atoms with E-state index in [0.29, 0.717) is 30.7 Å². The van der Waals surface area contributed by atoms with Gasteiger partial charge in [0.05, 0.1) is 12.7 Å². The van der Waals surface area contributed by atoms with Crippen LogP contribution in [0.25, 0.3) is 0 Å². The first kappa shape index (κ1) is 26.9. The zero-order valence-electron chi connectivity index (χ0n) is 20.9. The molecule has 0 spiro atoms. The van der Waals surface area contributed by atoms with Crippen molar-refractivity contribution < 1.29 is 27.5 Å². The van der Waals surface area contributed by atoms with Crippen molar-refractivity contribution in [3.63, 3.8) is 0 Å². The van der Waals surface area contributed by atoms with E-state index in [9.17, 15) is 18.0 Å². The average molecular weight is 531 g/mol. The number of hydrogen-bond acceptors (Lipinski definition) is 6. The summed E-state index contributed by atoms with van der Waals surface area (Å²) in [7, 11) is -2.22. The summed E-state index contributed by atoms with van der Waals surface area (Å²) in [6.07, 6.45) is 2.44. The fraction of sp³-hybridized carbons (Fsp3) is 0.462. The van der Waals surface area contributed by atoms with Crippen molar-refractivity contribution in [3.05, 3.63) is 65.7 Å². The molecule has 0 bridgehead atoms. The fourth-order valence-corrected chi connectivity index (χ4v) is 5.72. The summed E-state index contributed by atoms with van der Waals surface area (Å²) in [6.45, 7) is 0.888. The molecule has 0 aromatic heterocycles. The van der Waals surface area contributed by atoms with Crippen LogP contribution >= 0.6 is 0 Å². The molecule has 37 heavy (non-hydrogen) atoms. The quantitative estimate of drug-likeness (QED) is 0.383. The van der Waals surface area contributed by atoms with Crippen LogP contribution < -0.4 is 20.1 Å². The number of ether oxygens (including phenoxy) is 2. The third-order valence-corrected chi connectivity index (χ3v) is 8.48. The maximum absolute atomic E-state index is 13.0. The lowest BCUT2D eigenvalue weighted by Gasteiger charge is -2.41. The molecule has 1 saturated heterocycles. The monoisotopic (exact) mass is 530 g/mol. The average Bonchev–Trinajstić information content (AvgIpc) is 3.74. The summed E-state index contributed by atoms with van der Waals surface area (Å²) in [5, 5.41) is 5.74. The van der Waals surface area contributed by atoms with Crippen LogP contribution in [0.2, 0.25) is 0 Å². The molecule has 4 rings (SSSR count). The molecule has 2 amide bonds. The lowest BCUT2D eigenvalue weighted by atomic mass is 9.73. The Balaban J connectivity index is 1.35. The Hall–Kier alpha value is -3.15. The number of piperidine rings is 1. The third kappa shape index (κ3) is 7.00. The largest absolute Gasteiger partial charge is 0.496 e. The number of amides is 2. The van der Waals surface area contributed by atoms with Crippen molar-refractivity contribution in [2.24, 2.45) is 0 Å². The van der Waals surface area contributed by atoms with E-state index in [2.05, 4.69) is 15.4 Å². The Bertz CT molecular complexity index is 1180. The molecule has 2 aromatic carbocycles. The predicted molar refractivity (Wildman–Crippen MR) is 139 cm³/mol. The molecule has 2 fully saturated rings. The van der Waals surface area contributed by atoms with Gasteiger partial charge < -0.3 is 20.1 Å². The molecule has 3 N–H and O–H groups in total. The molecule has 2 aliphatic rings. The molecular formula is C26H34N4O6S. The van der Waals surface area contributed by atoms with Gasteiger partial charge in [0.15, 0.2) is 0 Å². The Morgan fingerprint density at radius 2 is 1.70 bits per heavy atom. The standard InChI is InChI=1S/C26H34N4O6S/c1-35-23-10-6-5-9-22(23)24(31)27-19-26(20-7-3-2-4-8-20)13-16-30(17-14-26)37(33,34)28-15-18-36-25(32)29-21-11-12-21/h2-10,21,28H,11-19H2,1H3,(H,27,31)(H,29,32). The highest BCUT2D eigenvalue weighted by molar-refractivity contribution is 7.87. The number of nitrogens with zero attached hydrogens (tertiary/aromatic N) is 1. The number of para-hydroxylation sites is 1. The Labute approximate surface area is 217 Å². The van der Waals surface area contributed by atoms with Crippen LogP contribution in [0.5, 0.6) is 5.75 Å². The molecule has 10 nitrogen and oxygen atoms in total. The first-order valence-corrected chi connectivity index (χ1v) is 13.9. The van der Waals surface area contributed by atoms with Crippen molar-refractivity contribution in [2.45, 2.75) is 37.1 Å². The van der Waals surface area contributed by atoms with E-state index in [-0.39, 0.29) is 38.2 Å². The zero-order chi connectivity index (χ0) is 26.3. The molecule has 1 aliphatic heterocycles. The molecule has 1 heterocycles. The summed E-state index contributed by atoms with van der Waals surface area (Å²) >= 11 is 0. The summed E-state index contributed by atoms with van der Waals surface area (Å²) in [6, 6.07) is 17.1. The number of carbonyl (C=O) groups excluding carboxylic acids is 2. The maximum atomic E-state index is 13.0. The summed E-state index contributed by atoms with van der Waals surface area (Å²) in [5.74, 6) is 0.255. The zero-order valence-corrected chi connectivity index (χ0v) is 21.8. The van der Waals surface area contributed by atoms with E-state index in [1.807, 2.05) is 30.3 Å². The Morgan fingerprint density at radius 1 is 1.03 bits per heavy atom. The summed E-state index contributed by atoms with van der Waals surface area (Å²) < 4.78 is 40.0. The number of alkyl carbamates (subject to hydrolysis) is 1. The molecule has 0 atom stereocenters. The van der Waals surface area contributed by atoms with Crippen molar-refractivity contribution in [1.82, 2.24) is 19.7 Å². The smallest absolute Gasteiger partial charge is 0.407 e. The van der Waals surface area contributed by atoms with Gasteiger partial charge in [-0.1, -0.05) is 42.5 Å². The van der Waals surface area contributed by atoms with Gasteiger partial charge in [-0.05, 0) is 43.4 Å². The lowest BCUT2D eigenvalue weighted by molar-refractivity contribution is 0.0929. The Morgan fingerprint density at radius 3 is 2.38 bits per heavy atom. The second-order valence-corrected chi connectivity index (χ2v) is 11.1. The van der Waals surface area contributed by atoms with Crippen molar-refractivity contribution in [2.75, 3.05) is 39.9 Å². The minimum atomic E-state index is -3.74. The van der Waals surface area contributed by atoms with E-state index in [1.54, 1.807) is 24.3 Å². The van der Waals surface area contributed by atoms with Crippen LogP contribution in [-0.2, 0) is 20.4 Å². The summed E-state index contributed by atoms with van der Waals surface area (Å²) in [5.41, 5.74) is 1.08. The van der Waals surface area contributed by atoms with Gasteiger partial charge in [0.2, 0.25) is 0 Å². The summed E-state index contributed by atoms with van der Waals surface area (Å²) in [4.78, 5) is 24.6. The number of nitrogens with one attached hydrogen (secondary N) is 3. The highest BCUT2D eigenvalue weighted by Crippen LogP contribution is 2.36. The second-order valence-electron chi connectivity index (χ2n) is 9.38. The van der Waals surface area contributed by atoms with E-state index in [0.717, 1.165) is 18.4 Å². The van der Waals surface area contributed by atoms with Crippen LogP contribution in [0.1, 0.15) is 41.6 Å². The number of carbonyl (C=O) groups is 2. The highest BCUT2D eigenvalue weighted by Gasteiger charge is 2.39. The van der Waals surface area contributed by atoms with E-state index in [1.165, 1.54) is 11.4 Å². The van der Waals surface area contributed by atoms with Gasteiger partial charge in [-0.15, -0.1) is 0 Å². The Kier molecular flexibility index (Phi) is 8.67. The molecule has 1 saturated carbocycles. The van der Waals surface area contributed by atoms with Crippen molar-refractivity contribution in [1.29, 1.82) is 0 Å². The second kappa shape index (κ2) is 11.9. The van der Waals surface area contributed by atoms with Crippen LogP contribution in [-0.4, -0.2) is 70.7 Å². The molecule has 1 aliphatic carbocycles. The van der Waals surface area contributed by atoms with E-state index in [4.69, 9.17) is 9.47 Å². The van der Waals surface area contributed by atoms with Gasteiger partial charge in [-0.25, -0.2) is 4.79 Å². The van der Waals surface area contributed by atoms with E-state index >= 15 is 0 Å². The maximum Gasteiger partial charge on any atom is 0.407 e.